The molecule has 1 aromatic rings. The van der Waals surface area contributed by atoms with Crippen LogP contribution in [0.1, 0.15) is 37.6 Å². The van der Waals surface area contributed by atoms with Gasteiger partial charge in [-0.2, -0.15) is 0 Å². The third-order valence-electron chi connectivity index (χ3n) is 2.69. The van der Waals surface area contributed by atoms with E-state index in [-0.39, 0.29) is 5.54 Å². The molecular formula is C12H19N3O. The van der Waals surface area contributed by atoms with Crippen molar-refractivity contribution in [2.24, 2.45) is 5.73 Å². The number of benzene rings is 1. The Morgan fingerprint density at radius 1 is 1.44 bits per heavy atom. The minimum atomic E-state index is -0.465. The zero-order chi connectivity index (χ0) is 12.3. The van der Waals surface area contributed by atoms with E-state index in [9.17, 15) is 4.79 Å². The van der Waals surface area contributed by atoms with Gasteiger partial charge in [0, 0.05) is 11.1 Å². The number of carbonyl (C=O) groups excluding carboxylic acids is 1. The monoisotopic (exact) mass is 221 g/mol. The summed E-state index contributed by atoms with van der Waals surface area (Å²) in [6, 6.07) is 5.05. The van der Waals surface area contributed by atoms with E-state index in [2.05, 4.69) is 26.1 Å². The molecule has 0 saturated heterocycles. The van der Waals surface area contributed by atoms with E-state index in [1.807, 2.05) is 0 Å². The summed E-state index contributed by atoms with van der Waals surface area (Å²) in [6.07, 6.45) is 0.976. The molecule has 0 aromatic heterocycles. The van der Waals surface area contributed by atoms with Gasteiger partial charge in [-0.25, -0.2) is 0 Å². The maximum Gasteiger partial charge on any atom is 0.248 e. The van der Waals surface area contributed by atoms with Crippen molar-refractivity contribution >= 4 is 17.3 Å². The van der Waals surface area contributed by atoms with Crippen molar-refractivity contribution in [1.82, 2.24) is 0 Å². The molecule has 0 atom stereocenters. The van der Waals surface area contributed by atoms with Gasteiger partial charge in [-0.1, -0.05) is 6.92 Å². The van der Waals surface area contributed by atoms with Gasteiger partial charge in [0.05, 0.1) is 11.4 Å². The largest absolute Gasteiger partial charge is 0.397 e. The lowest BCUT2D eigenvalue weighted by molar-refractivity contribution is 0.100. The van der Waals surface area contributed by atoms with Crippen molar-refractivity contribution in [1.29, 1.82) is 0 Å². The Morgan fingerprint density at radius 2 is 2.06 bits per heavy atom. The molecule has 0 aliphatic heterocycles. The highest BCUT2D eigenvalue weighted by molar-refractivity contribution is 5.94. The molecule has 0 bridgehead atoms. The van der Waals surface area contributed by atoms with E-state index >= 15 is 0 Å². The normalized spacial score (nSPS) is 11.2. The van der Waals surface area contributed by atoms with Gasteiger partial charge in [0.25, 0.3) is 0 Å². The van der Waals surface area contributed by atoms with Gasteiger partial charge >= 0.3 is 0 Å². The molecule has 1 amide bonds. The SMILES string of the molecule is CCC(C)(C)Nc1ccc(C(N)=O)cc1N. The maximum atomic E-state index is 11.0. The number of primary amides is 1. The van der Waals surface area contributed by atoms with Crippen molar-refractivity contribution in [3.05, 3.63) is 23.8 Å². The first-order valence-corrected chi connectivity index (χ1v) is 5.33. The second-order valence-electron chi connectivity index (χ2n) is 4.53. The number of hydrogen-bond acceptors (Lipinski definition) is 3. The zero-order valence-corrected chi connectivity index (χ0v) is 10.0. The molecule has 88 valence electrons. The van der Waals surface area contributed by atoms with Crippen LogP contribution in [0, 0.1) is 0 Å². The number of nitrogens with two attached hydrogens (primary N) is 2. The van der Waals surface area contributed by atoms with Crippen LogP contribution >= 0.6 is 0 Å². The van der Waals surface area contributed by atoms with E-state index in [0.29, 0.717) is 11.3 Å². The Kier molecular flexibility index (Phi) is 3.42. The number of nitrogen functional groups attached to an aromatic ring is 1. The van der Waals surface area contributed by atoms with Crippen LogP contribution in [-0.2, 0) is 0 Å². The van der Waals surface area contributed by atoms with Crippen molar-refractivity contribution in [2.75, 3.05) is 11.1 Å². The number of rotatable bonds is 4. The highest BCUT2D eigenvalue weighted by Gasteiger charge is 2.15. The van der Waals surface area contributed by atoms with Gasteiger partial charge in [0.1, 0.15) is 0 Å². The first kappa shape index (κ1) is 12.4. The van der Waals surface area contributed by atoms with Crippen LogP contribution in [-0.4, -0.2) is 11.4 Å². The van der Waals surface area contributed by atoms with Crippen molar-refractivity contribution < 1.29 is 4.79 Å². The van der Waals surface area contributed by atoms with Gasteiger partial charge in [0.15, 0.2) is 0 Å². The lowest BCUT2D eigenvalue weighted by atomic mass is 10.0. The summed E-state index contributed by atoms with van der Waals surface area (Å²) in [5.41, 5.74) is 12.8. The number of anilines is 2. The molecular weight excluding hydrogens is 202 g/mol. The fourth-order valence-electron chi connectivity index (χ4n) is 1.28. The van der Waals surface area contributed by atoms with Crippen LogP contribution in [0.3, 0.4) is 0 Å². The topological polar surface area (TPSA) is 81.1 Å². The summed E-state index contributed by atoms with van der Waals surface area (Å²) in [5, 5.41) is 3.33. The molecule has 4 nitrogen and oxygen atoms in total. The van der Waals surface area contributed by atoms with Gasteiger partial charge in [-0.3, -0.25) is 4.79 Å². The zero-order valence-electron chi connectivity index (χ0n) is 10.0. The molecule has 0 unspecified atom stereocenters. The van der Waals surface area contributed by atoms with Gasteiger partial charge in [0.2, 0.25) is 5.91 Å². The quantitative estimate of drug-likeness (QED) is 0.680. The number of nitrogens with one attached hydrogen (secondary N) is 1. The van der Waals surface area contributed by atoms with E-state index in [4.69, 9.17) is 11.5 Å². The van der Waals surface area contributed by atoms with Crippen LogP contribution in [0.15, 0.2) is 18.2 Å². The molecule has 0 fully saturated rings. The average Bonchev–Trinajstić information content (AvgIpc) is 2.20. The fourth-order valence-corrected chi connectivity index (χ4v) is 1.28. The summed E-state index contributed by atoms with van der Waals surface area (Å²) in [5.74, 6) is -0.465. The molecule has 0 saturated carbocycles. The van der Waals surface area contributed by atoms with Gasteiger partial charge < -0.3 is 16.8 Å². The van der Waals surface area contributed by atoms with Crippen LogP contribution < -0.4 is 16.8 Å². The Bertz CT molecular complexity index is 399. The molecule has 0 aliphatic rings. The molecule has 16 heavy (non-hydrogen) atoms. The Labute approximate surface area is 96.0 Å². The van der Waals surface area contributed by atoms with Crippen LogP contribution in [0.2, 0.25) is 0 Å². The summed E-state index contributed by atoms with van der Waals surface area (Å²) in [6.45, 7) is 6.28. The third-order valence-corrected chi connectivity index (χ3v) is 2.69. The Balaban J connectivity index is 2.96. The van der Waals surface area contributed by atoms with E-state index in [0.717, 1.165) is 12.1 Å². The van der Waals surface area contributed by atoms with E-state index < -0.39 is 5.91 Å². The second-order valence-corrected chi connectivity index (χ2v) is 4.53. The molecule has 0 radical (unpaired) electrons. The predicted molar refractivity (Wildman–Crippen MR) is 67.4 cm³/mol. The molecule has 0 aliphatic carbocycles. The van der Waals surface area contributed by atoms with E-state index in [1.165, 1.54) is 0 Å². The van der Waals surface area contributed by atoms with Crippen LogP contribution in [0.25, 0.3) is 0 Å². The van der Waals surface area contributed by atoms with Crippen LogP contribution in [0.5, 0.6) is 0 Å². The first-order valence-electron chi connectivity index (χ1n) is 5.33. The lowest BCUT2D eigenvalue weighted by Crippen LogP contribution is -2.30. The minimum absolute atomic E-state index is 0.0254. The standard InChI is InChI=1S/C12H19N3O/c1-4-12(2,3)15-10-6-5-8(11(14)16)7-9(10)13/h5-7,15H,4,13H2,1-3H3,(H2,14,16). The first-order chi connectivity index (χ1) is 7.35. The molecule has 0 spiro atoms. The molecule has 4 heteroatoms. The summed E-state index contributed by atoms with van der Waals surface area (Å²) >= 11 is 0. The number of amides is 1. The molecule has 5 N–H and O–H groups in total. The number of hydrogen-bond donors (Lipinski definition) is 3. The smallest absolute Gasteiger partial charge is 0.248 e. The summed E-state index contributed by atoms with van der Waals surface area (Å²) < 4.78 is 0. The molecule has 0 heterocycles. The summed E-state index contributed by atoms with van der Waals surface area (Å²) in [7, 11) is 0. The minimum Gasteiger partial charge on any atom is -0.397 e. The summed E-state index contributed by atoms with van der Waals surface area (Å²) in [4.78, 5) is 11.0. The molecule has 1 rings (SSSR count). The van der Waals surface area contributed by atoms with Crippen molar-refractivity contribution in [3.63, 3.8) is 0 Å². The van der Waals surface area contributed by atoms with Gasteiger partial charge in [-0.15, -0.1) is 0 Å². The lowest BCUT2D eigenvalue weighted by Gasteiger charge is -2.26. The maximum absolute atomic E-state index is 11.0. The Hall–Kier alpha value is -1.71. The third kappa shape index (κ3) is 2.89. The number of carbonyl (C=O) groups is 1. The average molecular weight is 221 g/mol. The van der Waals surface area contributed by atoms with Crippen molar-refractivity contribution in [2.45, 2.75) is 32.7 Å². The van der Waals surface area contributed by atoms with Gasteiger partial charge in [-0.05, 0) is 38.5 Å². The van der Waals surface area contributed by atoms with Crippen LogP contribution in [0.4, 0.5) is 11.4 Å². The predicted octanol–water partition coefficient (Wildman–Crippen LogP) is 1.97. The fraction of sp³-hybridized carbons (Fsp3) is 0.417. The van der Waals surface area contributed by atoms with Crippen molar-refractivity contribution in [3.8, 4) is 0 Å². The highest BCUT2D eigenvalue weighted by Crippen LogP contribution is 2.24. The second kappa shape index (κ2) is 4.43. The highest BCUT2D eigenvalue weighted by atomic mass is 16.1. The Morgan fingerprint density at radius 3 is 2.50 bits per heavy atom. The molecule has 1 aromatic carbocycles. The van der Waals surface area contributed by atoms with E-state index in [1.54, 1.807) is 18.2 Å².